The van der Waals surface area contributed by atoms with Gasteiger partial charge in [0.15, 0.2) is 0 Å². The molecule has 0 spiro atoms. The zero-order valence-corrected chi connectivity index (χ0v) is 23.7. The summed E-state index contributed by atoms with van der Waals surface area (Å²) in [7, 11) is 0. The number of nitriles is 1. The van der Waals surface area contributed by atoms with Crippen LogP contribution in [-0.2, 0) is 14.3 Å². The van der Waals surface area contributed by atoms with Gasteiger partial charge in [-0.05, 0) is 76.1 Å². The number of carbonyl (C=O) groups is 3. The molecule has 2 aromatic carbocycles. The predicted octanol–water partition coefficient (Wildman–Crippen LogP) is 5.58. The van der Waals surface area contributed by atoms with E-state index in [9.17, 15) is 19.6 Å². The van der Waals surface area contributed by atoms with Crippen LogP contribution >= 0.6 is 0 Å². The number of ether oxygens (including phenoxy) is 1. The zero-order valence-electron chi connectivity index (χ0n) is 23.7. The molecule has 8 nitrogen and oxygen atoms in total. The summed E-state index contributed by atoms with van der Waals surface area (Å²) < 4.78 is 5.39. The van der Waals surface area contributed by atoms with Gasteiger partial charge in [-0.1, -0.05) is 56.3 Å². The van der Waals surface area contributed by atoms with E-state index < -0.39 is 35.6 Å². The molecule has 2 atom stereocenters. The smallest absolute Gasteiger partial charge is 0.408 e. The molecule has 0 heterocycles. The molecule has 2 aromatic rings. The lowest BCUT2D eigenvalue weighted by atomic mass is 9.96. The molecule has 8 heteroatoms. The number of para-hydroxylation sites is 1. The van der Waals surface area contributed by atoms with E-state index in [4.69, 9.17) is 4.74 Å². The van der Waals surface area contributed by atoms with E-state index in [1.54, 1.807) is 32.9 Å². The van der Waals surface area contributed by atoms with E-state index in [-0.39, 0.29) is 12.5 Å². The number of nitrogens with zero attached hydrogens (tertiary/aromatic N) is 2. The van der Waals surface area contributed by atoms with Gasteiger partial charge in [0.05, 0.1) is 6.07 Å². The van der Waals surface area contributed by atoms with Crippen molar-refractivity contribution in [2.45, 2.75) is 79.5 Å². The monoisotopic (exact) mass is 520 g/mol. The quantitative estimate of drug-likeness (QED) is 0.419. The van der Waals surface area contributed by atoms with Gasteiger partial charge in [-0.15, -0.1) is 0 Å². The summed E-state index contributed by atoms with van der Waals surface area (Å²) >= 11 is 0. The molecule has 0 saturated heterocycles. The SMILES string of the molecule is Cc1ccccc1C(C(=O)Nc1c(C)cccc1C)N(CC#N)C(=O)C(CC(C)C)NC(=O)OC(C)(C)C. The molecule has 3 amide bonds. The fourth-order valence-corrected chi connectivity index (χ4v) is 4.26. The minimum atomic E-state index is -1.10. The number of rotatable bonds is 9. The molecule has 0 aliphatic heterocycles. The number of hydrogen-bond acceptors (Lipinski definition) is 5. The number of alkyl carbamates (subject to hydrolysis) is 1. The summed E-state index contributed by atoms with van der Waals surface area (Å²) in [4.78, 5) is 41.8. The molecule has 204 valence electrons. The molecule has 0 bridgehead atoms. The third-order valence-corrected chi connectivity index (χ3v) is 5.99. The average Bonchev–Trinajstić information content (AvgIpc) is 2.80. The van der Waals surface area contributed by atoms with Crippen LogP contribution in [0.3, 0.4) is 0 Å². The molecule has 0 aromatic heterocycles. The summed E-state index contributed by atoms with van der Waals surface area (Å²) in [5.41, 5.74) is 3.06. The van der Waals surface area contributed by atoms with Crippen LogP contribution in [0.5, 0.6) is 0 Å². The number of aryl methyl sites for hydroxylation is 3. The van der Waals surface area contributed by atoms with Crippen molar-refractivity contribution in [1.82, 2.24) is 10.2 Å². The maximum Gasteiger partial charge on any atom is 0.408 e. The minimum Gasteiger partial charge on any atom is -0.444 e. The van der Waals surface area contributed by atoms with Crippen molar-refractivity contribution in [1.29, 1.82) is 5.26 Å². The van der Waals surface area contributed by atoms with Gasteiger partial charge < -0.3 is 20.3 Å². The molecule has 0 saturated carbocycles. The summed E-state index contributed by atoms with van der Waals surface area (Å²) in [6.07, 6.45) is -0.431. The normalized spacial score (nSPS) is 12.7. The van der Waals surface area contributed by atoms with Crippen LogP contribution < -0.4 is 10.6 Å². The van der Waals surface area contributed by atoms with Gasteiger partial charge in [-0.3, -0.25) is 9.59 Å². The first-order valence-electron chi connectivity index (χ1n) is 12.8. The number of benzene rings is 2. The summed E-state index contributed by atoms with van der Waals surface area (Å²) in [5.74, 6) is -0.930. The highest BCUT2D eigenvalue weighted by atomic mass is 16.6. The first-order valence-corrected chi connectivity index (χ1v) is 12.8. The Balaban J connectivity index is 2.56. The van der Waals surface area contributed by atoms with Crippen LogP contribution in [0.15, 0.2) is 42.5 Å². The fraction of sp³-hybridized carbons (Fsp3) is 0.467. The maximum atomic E-state index is 14.0. The predicted molar refractivity (Wildman–Crippen MR) is 148 cm³/mol. The first-order chi connectivity index (χ1) is 17.7. The van der Waals surface area contributed by atoms with Gasteiger partial charge in [0.1, 0.15) is 24.2 Å². The molecule has 2 rings (SSSR count). The Morgan fingerprint density at radius 3 is 2.08 bits per heavy atom. The third kappa shape index (κ3) is 8.34. The topological polar surface area (TPSA) is 112 Å². The van der Waals surface area contributed by atoms with Crippen molar-refractivity contribution in [3.8, 4) is 6.07 Å². The van der Waals surface area contributed by atoms with E-state index in [0.29, 0.717) is 17.7 Å². The highest BCUT2D eigenvalue weighted by molar-refractivity contribution is 6.00. The lowest BCUT2D eigenvalue weighted by molar-refractivity contribution is -0.140. The molecule has 0 radical (unpaired) electrons. The lowest BCUT2D eigenvalue weighted by Crippen LogP contribution is -2.53. The number of carbonyl (C=O) groups excluding carboxylic acids is 3. The van der Waals surface area contributed by atoms with Crippen LogP contribution in [0.2, 0.25) is 0 Å². The van der Waals surface area contributed by atoms with Crippen molar-refractivity contribution in [2.24, 2.45) is 5.92 Å². The van der Waals surface area contributed by atoms with Crippen molar-refractivity contribution < 1.29 is 19.1 Å². The van der Waals surface area contributed by atoms with E-state index in [2.05, 4.69) is 10.6 Å². The van der Waals surface area contributed by atoms with Gasteiger partial charge in [0, 0.05) is 5.69 Å². The molecular formula is C30H40N4O4. The Hall–Kier alpha value is -3.86. The minimum absolute atomic E-state index is 0.0446. The van der Waals surface area contributed by atoms with Gasteiger partial charge in [0.25, 0.3) is 5.91 Å². The Morgan fingerprint density at radius 1 is 0.974 bits per heavy atom. The van der Waals surface area contributed by atoms with E-state index in [1.165, 1.54) is 4.90 Å². The number of hydrogen-bond donors (Lipinski definition) is 2. The molecule has 2 N–H and O–H groups in total. The maximum absolute atomic E-state index is 14.0. The summed E-state index contributed by atoms with van der Waals surface area (Å²) in [6.45, 7) is 14.4. The molecule has 38 heavy (non-hydrogen) atoms. The van der Waals surface area contributed by atoms with Crippen LogP contribution in [0.25, 0.3) is 0 Å². The Labute approximate surface area is 226 Å². The third-order valence-electron chi connectivity index (χ3n) is 5.99. The molecule has 0 aliphatic carbocycles. The standard InChI is InChI=1S/C30H40N4O4/c1-19(2)18-24(32-29(37)38-30(6,7)8)28(36)34(17-16-31)26(23-15-10-9-12-20(23)3)27(35)33-25-21(4)13-11-14-22(25)5/h9-15,19,24,26H,17-18H2,1-8H3,(H,32,37)(H,33,35). The van der Waals surface area contributed by atoms with Crippen LogP contribution in [0.4, 0.5) is 10.5 Å². The average molecular weight is 521 g/mol. The van der Waals surface area contributed by atoms with Crippen molar-refractivity contribution in [3.63, 3.8) is 0 Å². The van der Waals surface area contributed by atoms with Crippen LogP contribution in [0, 0.1) is 38.0 Å². The summed E-state index contributed by atoms with van der Waals surface area (Å²) in [5, 5.41) is 15.4. The van der Waals surface area contributed by atoms with Crippen molar-refractivity contribution >= 4 is 23.6 Å². The van der Waals surface area contributed by atoms with Crippen LogP contribution in [-0.4, -0.2) is 41.0 Å². The highest BCUT2D eigenvalue weighted by Gasteiger charge is 2.37. The molecular weight excluding hydrogens is 480 g/mol. The highest BCUT2D eigenvalue weighted by Crippen LogP contribution is 2.29. The number of amides is 3. The van der Waals surface area contributed by atoms with Crippen molar-refractivity contribution in [2.75, 3.05) is 11.9 Å². The Morgan fingerprint density at radius 2 is 1.55 bits per heavy atom. The second kappa shape index (κ2) is 13.1. The molecule has 0 aliphatic rings. The van der Waals surface area contributed by atoms with Gasteiger partial charge in [0.2, 0.25) is 5.91 Å². The van der Waals surface area contributed by atoms with Gasteiger partial charge >= 0.3 is 6.09 Å². The molecule has 0 fully saturated rings. The fourth-order valence-electron chi connectivity index (χ4n) is 4.26. The molecule has 2 unspecified atom stereocenters. The Kier molecular flexibility index (Phi) is 10.5. The largest absolute Gasteiger partial charge is 0.444 e. The van der Waals surface area contributed by atoms with Gasteiger partial charge in [-0.2, -0.15) is 5.26 Å². The van der Waals surface area contributed by atoms with E-state index in [1.807, 2.05) is 71.0 Å². The second-order valence-electron chi connectivity index (χ2n) is 11.0. The summed E-state index contributed by atoms with van der Waals surface area (Å²) in [6, 6.07) is 12.9. The second-order valence-corrected chi connectivity index (χ2v) is 11.0. The number of anilines is 1. The first kappa shape index (κ1) is 30.4. The lowest BCUT2D eigenvalue weighted by Gasteiger charge is -2.34. The van der Waals surface area contributed by atoms with Crippen molar-refractivity contribution in [3.05, 3.63) is 64.7 Å². The van der Waals surface area contributed by atoms with Gasteiger partial charge in [-0.25, -0.2) is 4.79 Å². The Bertz CT molecular complexity index is 1170. The zero-order chi connectivity index (χ0) is 28.6. The number of nitrogens with one attached hydrogen (secondary N) is 2. The van der Waals surface area contributed by atoms with E-state index in [0.717, 1.165) is 16.7 Å². The van der Waals surface area contributed by atoms with E-state index >= 15 is 0 Å². The van der Waals surface area contributed by atoms with Crippen LogP contribution in [0.1, 0.15) is 69.3 Å².